The number of carbonyl (C=O) groups excluding carboxylic acids is 1. The van der Waals surface area contributed by atoms with Crippen LogP contribution in [0.25, 0.3) is 0 Å². The first kappa shape index (κ1) is 12.3. The molecule has 1 amide bonds. The number of rotatable bonds is 3. The van der Waals surface area contributed by atoms with Gasteiger partial charge in [0.1, 0.15) is 0 Å². The summed E-state index contributed by atoms with van der Waals surface area (Å²) in [6, 6.07) is 9.59. The van der Waals surface area contributed by atoms with Crippen LogP contribution in [0, 0.1) is 0 Å². The van der Waals surface area contributed by atoms with Gasteiger partial charge in [-0.05, 0) is 41.6 Å². The Bertz CT molecular complexity index is 536. The third-order valence-corrected chi connectivity index (χ3v) is 3.87. The minimum absolute atomic E-state index is 0.0325. The summed E-state index contributed by atoms with van der Waals surface area (Å²) in [5, 5.41) is 4.85. The lowest BCUT2D eigenvalue weighted by atomic mass is 10.2. The van der Waals surface area contributed by atoms with Crippen LogP contribution in [-0.2, 0) is 6.42 Å². The zero-order valence-electron chi connectivity index (χ0n) is 9.37. The summed E-state index contributed by atoms with van der Waals surface area (Å²) in [4.78, 5) is 12.8. The Balaban J connectivity index is 2.17. The van der Waals surface area contributed by atoms with Gasteiger partial charge in [-0.3, -0.25) is 4.79 Å². The number of thiophene rings is 1. The molecule has 1 aromatic carbocycles. The van der Waals surface area contributed by atoms with Crippen molar-refractivity contribution in [1.82, 2.24) is 0 Å². The maximum absolute atomic E-state index is 12.1. The van der Waals surface area contributed by atoms with Gasteiger partial charge in [-0.15, -0.1) is 11.3 Å². The van der Waals surface area contributed by atoms with E-state index in [9.17, 15) is 4.79 Å². The van der Waals surface area contributed by atoms with Crippen LogP contribution in [0.4, 0.5) is 5.69 Å². The molecule has 1 N–H and O–H groups in total. The fourth-order valence-electron chi connectivity index (χ4n) is 1.57. The first-order valence-electron chi connectivity index (χ1n) is 5.34. The zero-order valence-corrected chi connectivity index (χ0v) is 11.8. The summed E-state index contributed by atoms with van der Waals surface area (Å²) < 4.78 is 0.956. The molecule has 17 heavy (non-hydrogen) atoms. The van der Waals surface area contributed by atoms with Crippen LogP contribution in [0.1, 0.15) is 22.2 Å². The predicted molar refractivity (Wildman–Crippen MR) is 75.8 cm³/mol. The molecule has 4 heteroatoms. The third-order valence-electron chi connectivity index (χ3n) is 2.42. The molecule has 0 aliphatic rings. The van der Waals surface area contributed by atoms with E-state index in [-0.39, 0.29) is 5.91 Å². The van der Waals surface area contributed by atoms with Gasteiger partial charge in [-0.25, -0.2) is 0 Å². The van der Waals surface area contributed by atoms with Crippen LogP contribution in [0.5, 0.6) is 0 Å². The van der Waals surface area contributed by atoms with E-state index in [1.54, 1.807) is 0 Å². The standard InChI is InChI=1S/C13H12BrNOS/c1-2-9-6-7-17-12(9)13(16)15-11-5-3-4-10(14)8-11/h3-8H,2H2,1H3,(H,15,16). The zero-order chi connectivity index (χ0) is 12.3. The molecule has 0 radical (unpaired) electrons. The second-order valence-electron chi connectivity index (χ2n) is 3.59. The number of amides is 1. The first-order chi connectivity index (χ1) is 8.20. The van der Waals surface area contributed by atoms with Gasteiger partial charge in [-0.2, -0.15) is 0 Å². The Hall–Kier alpha value is -1.13. The molecule has 2 rings (SSSR count). The van der Waals surface area contributed by atoms with Gasteiger partial charge in [0.15, 0.2) is 0 Å². The molecule has 0 aliphatic heterocycles. The smallest absolute Gasteiger partial charge is 0.266 e. The lowest BCUT2D eigenvalue weighted by Gasteiger charge is -2.05. The Morgan fingerprint density at radius 1 is 1.41 bits per heavy atom. The molecule has 0 aliphatic carbocycles. The summed E-state index contributed by atoms with van der Waals surface area (Å²) >= 11 is 4.86. The molecular weight excluding hydrogens is 298 g/mol. The minimum atomic E-state index is -0.0325. The van der Waals surface area contributed by atoms with E-state index in [1.165, 1.54) is 11.3 Å². The fourth-order valence-corrected chi connectivity index (χ4v) is 2.86. The van der Waals surface area contributed by atoms with E-state index < -0.39 is 0 Å². The molecule has 0 unspecified atom stereocenters. The maximum Gasteiger partial charge on any atom is 0.266 e. The Morgan fingerprint density at radius 3 is 2.94 bits per heavy atom. The van der Waals surface area contributed by atoms with Crippen molar-refractivity contribution in [3.8, 4) is 0 Å². The summed E-state index contributed by atoms with van der Waals surface area (Å²) in [6.45, 7) is 2.05. The first-order valence-corrected chi connectivity index (χ1v) is 7.01. The SMILES string of the molecule is CCc1ccsc1C(=O)Nc1cccc(Br)c1. The highest BCUT2D eigenvalue weighted by Gasteiger charge is 2.11. The second-order valence-corrected chi connectivity index (χ2v) is 5.42. The number of anilines is 1. The Labute approximate surface area is 113 Å². The monoisotopic (exact) mass is 309 g/mol. The van der Waals surface area contributed by atoms with Gasteiger partial charge < -0.3 is 5.32 Å². The van der Waals surface area contributed by atoms with Crippen LogP contribution in [0.3, 0.4) is 0 Å². The molecule has 88 valence electrons. The van der Waals surface area contributed by atoms with E-state index in [0.29, 0.717) is 0 Å². The number of hydrogen-bond acceptors (Lipinski definition) is 2. The fraction of sp³-hybridized carbons (Fsp3) is 0.154. The topological polar surface area (TPSA) is 29.1 Å². The average molecular weight is 310 g/mol. The van der Waals surface area contributed by atoms with Crippen LogP contribution in [-0.4, -0.2) is 5.91 Å². The van der Waals surface area contributed by atoms with Gasteiger partial charge in [-0.1, -0.05) is 28.9 Å². The minimum Gasteiger partial charge on any atom is -0.321 e. The quantitative estimate of drug-likeness (QED) is 0.898. The molecule has 0 bridgehead atoms. The molecule has 0 saturated heterocycles. The van der Waals surface area contributed by atoms with Gasteiger partial charge >= 0.3 is 0 Å². The number of aryl methyl sites for hydroxylation is 1. The van der Waals surface area contributed by atoms with Crippen LogP contribution < -0.4 is 5.32 Å². The lowest BCUT2D eigenvalue weighted by Crippen LogP contribution is -2.11. The Kier molecular flexibility index (Phi) is 3.97. The van der Waals surface area contributed by atoms with Crippen molar-refractivity contribution in [3.05, 3.63) is 50.6 Å². The summed E-state index contributed by atoms with van der Waals surface area (Å²) in [7, 11) is 0. The van der Waals surface area contributed by atoms with Crippen molar-refractivity contribution < 1.29 is 4.79 Å². The normalized spacial score (nSPS) is 10.2. The molecule has 0 spiro atoms. The summed E-state index contributed by atoms with van der Waals surface area (Å²) in [5.41, 5.74) is 1.90. The van der Waals surface area contributed by atoms with E-state index in [2.05, 4.69) is 28.2 Å². The van der Waals surface area contributed by atoms with Gasteiger partial charge in [0, 0.05) is 10.2 Å². The maximum atomic E-state index is 12.1. The summed E-state index contributed by atoms with van der Waals surface area (Å²) in [5.74, 6) is -0.0325. The van der Waals surface area contributed by atoms with Gasteiger partial charge in [0.25, 0.3) is 5.91 Å². The van der Waals surface area contributed by atoms with Crippen molar-refractivity contribution in [3.63, 3.8) is 0 Å². The van der Waals surface area contributed by atoms with Crippen LogP contribution in [0.2, 0.25) is 0 Å². The highest BCUT2D eigenvalue weighted by atomic mass is 79.9. The van der Waals surface area contributed by atoms with Crippen molar-refractivity contribution >= 4 is 38.9 Å². The molecule has 1 heterocycles. The van der Waals surface area contributed by atoms with Crippen LogP contribution >= 0.6 is 27.3 Å². The van der Waals surface area contributed by atoms with Crippen molar-refractivity contribution in [2.24, 2.45) is 0 Å². The molecule has 0 atom stereocenters. The van der Waals surface area contributed by atoms with Gasteiger partial charge in [0.2, 0.25) is 0 Å². The average Bonchev–Trinajstić information content (AvgIpc) is 2.77. The predicted octanol–water partition coefficient (Wildman–Crippen LogP) is 4.33. The molecule has 1 aromatic heterocycles. The third kappa shape index (κ3) is 2.96. The number of halogens is 1. The van der Waals surface area contributed by atoms with Crippen molar-refractivity contribution in [2.45, 2.75) is 13.3 Å². The van der Waals surface area contributed by atoms with Crippen molar-refractivity contribution in [1.29, 1.82) is 0 Å². The van der Waals surface area contributed by atoms with E-state index in [1.807, 2.05) is 35.7 Å². The highest BCUT2D eigenvalue weighted by Crippen LogP contribution is 2.21. The molecule has 0 saturated carbocycles. The summed E-state index contributed by atoms with van der Waals surface area (Å²) in [6.07, 6.45) is 0.880. The lowest BCUT2D eigenvalue weighted by molar-refractivity contribution is 0.103. The van der Waals surface area contributed by atoms with Crippen LogP contribution in [0.15, 0.2) is 40.2 Å². The van der Waals surface area contributed by atoms with E-state index in [4.69, 9.17) is 0 Å². The molecular formula is C13H12BrNOS. The molecule has 0 fully saturated rings. The number of benzene rings is 1. The number of carbonyl (C=O) groups is 1. The Morgan fingerprint density at radius 2 is 2.24 bits per heavy atom. The van der Waals surface area contributed by atoms with E-state index >= 15 is 0 Å². The number of hydrogen-bond donors (Lipinski definition) is 1. The molecule has 2 aromatic rings. The highest BCUT2D eigenvalue weighted by molar-refractivity contribution is 9.10. The van der Waals surface area contributed by atoms with E-state index in [0.717, 1.165) is 27.0 Å². The largest absolute Gasteiger partial charge is 0.321 e. The molecule has 2 nitrogen and oxygen atoms in total. The second kappa shape index (κ2) is 5.47. The van der Waals surface area contributed by atoms with Crippen molar-refractivity contribution in [2.75, 3.05) is 5.32 Å². The number of nitrogens with one attached hydrogen (secondary N) is 1. The van der Waals surface area contributed by atoms with Gasteiger partial charge in [0.05, 0.1) is 4.88 Å².